The summed E-state index contributed by atoms with van der Waals surface area (Å²) in [5, 5.41) is 7.40. The zero-order valence-electron chi connectivity index (χ0n) is 12.6. The maximum Gasteiger partial charge on any atom is 0.234 e. The average molecular weight is 327 g/mol. The van der Waals surface area contributed by atoms with Gasteiger partial charge >= 0.3 is 0 Å². The van der Waals surface area contributed by atoms with E-state index in [0.29, 0.717) is 17.3 Å². The normalized spacial score (nSPS) is 20.4. The number of aromatic nitrogens is 2. The SMILES string of the molecule is CC(c1nc(C2CNCCN2C)no1)c1ccccc1F.Cl. The van der Waals surface area contributed by atoms with Gasteiger partial charge in [-0.2, -0.15) is 4.98 Å². The van der Waals surface area contributed by atoms with Crippen molar-refractivity contribution in [1.29, 1.82) is 0 Å². The first-order valence-corrected chi connectivity index (χ1v) is 7.15. The number of likely N-dealkylation sites (N-methyl/N-ethyl adjacent to an activating group) is 1. The van der Waals surface area contributed by atoms with Gasteiger partial charge in [-0.25, -0.2) is 4.39 Å². The van der Waals surface area contributed by atoms with Crippen LogP contribution < -0.4 is 5.32 Å². The van der Waals surface area contributed by atoms with Gasteiger partial charge in [0.25, 0.3) is 0 Å². The quantitative estimate of drug-likeness (QED) is 0.938. The average Bonchev–Trinajstić information content (AvgIpc) is 2.97. The molecule has 1 saturated heterocycles. The first-order chi connectivity index (χ1) is 10.2. The van der Waals surface area contributed by atoms with Crippen molar-refractivity contribution in [1.82, 2.24) is 20.4 Å². The van der Waals surface area contributed by atoms with Crippen LogP contribution in [-0.4, -0.2) is 41.7 Å². The summed E-state index contributed by atoms with van der Waals surface area (Å²) in [7, 11) is 2.04. The van der Waals surface area contributed by atoms with E-state index in [0.717, 1.165) is 19.6 Å². The van der Waals surface area contributed by atoms with E-state index in [-0.39, 0.29) is 30.2 Å². The summed E-state index contributed by atoms with van der Waals surface area (Å²) in [5.41, 5.74) is 0.572. The van der Waals surface area contributed by atoms with E-state index in [2.05, 4.69) is 20.4 Å². The second-order valence-electron chi connectivity index (χ2n) is 5.43. The number of piperazine rings is 1. The fourth-order valence-electron chi connectivity index (χ4n) is 2.61. The van der Waals surface area contributed by atoms with Crippen LogP contribution >= 0.6 is 12.4 Å². The van der Waals surface area contributed by atoms with Crippen LogP contribution in [0, 0.1) is 5.82 Å². The second kappa shape index (κ2) is 7.17. The van der Waals surface area contributed by atoms with Gasteiger partial charge in [-0.05, 0) is 25.6 Å². The highest BCUT2D eigenvalue weighted by Crippen LogP contribution is 2.26. The van der Waals surface area contributed by atoms with Crippen LogP contribution in [0.3, 0.4) is 0 Å². The number of nitrogens with zero attached hydrogens (tertiary/aromatic N) is 3. The molecule has 5 nitrogen and oxygen atoms in total. The minimum absolute atomic E-state index is 0. The standard InChI is InChI=1S/C15H19FN4O.ClH/c1-10(11-5-3-4-6-12(11)16)15-18-14(19-21-15)13-9-17-7-8-20(13)2;/h3-6,10,13,17H,7-9H2,1-2H3;1H. The zero-order valence-corrected chi connectivity index (χ0v) is 13.4. The number of hydrogen-bond acceptors (Lipinski definition) is 5. The van der Waals surface area contributed by atoms with E-state index in [1.54, 1.807) is 12.1 Å². The Balaban J connectivity index is 0.00000176. The fourth-order valence-corrected chi connectivity index (χ4v) is 2.61. The van der Waals surface area contributed by atoms with Gasteiger partial charge in [0, 0.05) is 19.6 Å². The van der Waals surface area contributed by atoms with E-state index in [1.165, 1.54) is 6.07 Å². The molecule has 0 spiro atoms. The molecule has 2 heterocycles. The van der Waals surface area contributed by atoms with Crippen LogP contribution in [0.1, 0.15) is 36.2 Å². The van der Waals surface area contributed by atoms with E-state index in [1.807, 2.05) is 20.0 Å². The minimum Gasteiger partial charge on any atom is -0.339 e. The Morgan fingerprint density at radius 3 is 2.91 bits per heavy atom. The van der Waals surface area contributed by atoms with Crippen LogP contribution in [0.5, 0.6) is 0 Å². The molecule has 0 aliphatic carbocycles. The first-order valence-electron chi connectivity index (χ1n) is 7.15. The van der Waals surface area contributed by atoms with Crippen molar-refractivity contribution in [3.8, 4) is 0 Å². The fraction of sp³-hybridized carbons (Fsp3) is 0.467. The lowest BCUT2D eigenvalue weighted by Crippen LogP contribution is -2.44. The molecule has 1 aliphatic heterocycles. The smallest absolute Gasteiger partial charge is 0.234 e. The highest BCUT2D eigenvalue weighted by molar-refractivity contribution is 5.85. The number of benzene rings is 1. The van der Waals surface area contributed by atoms with Crippen molar-refractivity contribution in [2.45, 2.75) is 18.9 Å². The van der Waals surface area contributed by atoms with Gasteiger partial charge < -0.3 is 9.84 Å². The molecule has 3 rings (SSSR count). The highest BCUT2D eigenvalue weighted by atomic mass is 35.5. The maximum absolute atomic E-state index is 13.8. The summed E-state index contributed by atoms with van der Waals surface area (Å²) in [6.45, 7) is 4.57. The van der Waals surface area contributed by atoms with Crippen molar-refractivity contribution in [3.05, 3.63) is 47.4 Å². The van der Waals surface area contributed by atoms with Crippen LogP contribution in [0.4, 0.5) is 4.39 Å². The lowest BCUT2D eigenvalue weighted by Gasteiger charge is -2.30. The van der Waals surface area contributed by atoms with Gasteiger partial charge in [0.15, 0.2) is 5.82 Å². The van der Waals surface area contributed by atoms with Gasteiger partial charge in [0.05, 0.1) is 12.0 Å². The summed E-state index contributed by atoms with van der Waals surface area (Å²) < 4.78 is 19.2. The van der Waals surface area contributed by atoms with Crippen molar-refractivity contribution in [2.24, 2.45) is 0 Å². The van der Waals surface area contributed by atoms with E-state index < -0.39 is 0 Å². The van der Waals surface area contributed by atoms with Crippen LogP contribution in [0.25, 0.3) is 0 Å². The molecule has 1 aromatic carbocycles. The monoisotopic (exact) mass is 326 g/mol. The first kappa shape index (κ1) is 16.9. The number of hydrogen-bond donors (Lipinski definition) is 1. The number of nitrogens with one attached hydrogen (secondary N) is 1. The number of rotatable bonds is 3. The molecular weight excluding hydrogens is 307 g/mol. The van der Waals surface area contributed by atoms with Gasteiger partial charge in [-0.3, -0.25) is 4.90 Å². The molecule has 0 saturated carbocycles. The molecule has 7 heteroatoms. The molecule has 120 valence electrons. The second-order valence-corrected chi connectivity index (χ2v) is 5.43. The van der Waals surface area contributed by atoms with E-state index in [9.17, 15) is 4.39 Å². The molecule has 2 unspecified atom stereocenters. The zero-order chi connectivity index (χ0) is 14.8. The number of halogens is 2. The van der Waals surface area contributed by atoms with Gasteiger partial charge in [0.2, 0.25) is 5.89 Å². The van der Waals surface area contributed by atoms with Crippen molar-refractivity contribution >= 4 is 12.4 Å². The lowest BCUT2D eigenvalue weighted by atomic mass is 10.0. The van der Waals surface area contributed by atoms with Crippen LogP contribution in [0.2, 0.25) is 0 Å². The van der Waals surface area contributed by atoms with Crippen molar-refractivity contribution in [2.75, 3.05) is 26.7 Å². The molecule has 1 N–H and O–H groups in total. The summed E-state index contributed by atoms with van der Waals surface area (Å²) in [6.07, 6.45) is 0. The van der Waals surface area contributed by atoms with Crippen LogP contribution in [-0.2, 0) is 0 Å². The largest absolute Gasteiger partial charge is 0.339 e. The summed E-state index contributed by atoms with van der Waals surface area (Å²) in [4.78, 5) is 6.67. The van der Waals surface area contributed by atoms with E-state index >= 15 is 0 Å². The summed E-state index contributed by atoms with van der Waals surface area (Å²) in [6, 6.07) is 6.78. The van der Waals surface area contributed by atoms with E-state index in [4.69, 9.17) is 4.52 Å². The third-order valence-electron chi connectivity index (χ3n) is 4.01. The highest BCUT2D eigenvalue weighted by Gasteiger charge is 2.27. The third-order valence-corrected chi connectivity index (χ3v) is 4.01. The molecule has 0 radical (unpaired) electrons. The van der Waals surface area contributed by atoms with Gasteiger partial charge in [0.1, 0.15) is 5.82 Å². The lowest BCUT2D eigenvalue weighted by molar-refractivity contribution is 0.190. The molecule has 2 aromatic rings. The Bertz CT molecular complexity index is 621. The molecule has 0 bridgehead atoms. The Morgan fingerprint density at radius 1 is 1.41 bits per heavy atom. The minimum atomic E-state index is -0.255. The topological polar surface area (TPSA) is 54.2 Å². The molecule has 1 aliphatic rings. The Labute approximate surface area is 135 Å². The predicted octanol–water partition coefficient (Wildman–Crippen LogP) is 2.36. The maximum atomic E-state index is 13.8. The van der Waals surface area contributed by atoms with Gasteiger partial charge in [-0.1, -0.05) is 23.4 Å². The van der Waals surface area contributed by atoms with Crippen molar-refractivity contribution < 1.29 is 8.91 Å². The Hall–Kier alpha value is -1.50. The molecule has 22 heavy (non-hydrogen) atoms. The predicted molar refractivity (Wildman–Crippen MR) is 83.7 cm³/mol. The molecular formula is C15H20ClFN4O. The molecule has 0 amide bonds. The molecule has 2 atom stereocenters. The summed E-state index contributed by atoms with van der Waals surface area (Å²) in [5.74, 6) is 0.604. The molecule has 1 fully saturated rings. The van der Waals surface area contributed by atoms with Gasteiger partial charge in [-0.15, -0.1) is 12.4 Å². The Morgan fingerprint density at radius 2 is 2.18 bits per heavy atom. The van der Waals surface area contributed by atoms with Crippen LogP contribution in [0.15, 0.2) is 28.8 Å². The Kier molecular flexibility index (Phi) is 5.50. The summed E-state index contributed by atoms with van der Waals surface area (Å²) >= 11 is 0. The third kappa shape index (κ3) is 3.29. The van der Waals surface area contributed by atoms with Crippen molar-refractivity contribution in [3.63, 3.8) is 0 Å². The molecule has 1 aromatic heterocycles.